The van der Waals surface area contributed by atoms with E-state index in [9.17, 15) is 5.11 Å². The van der Waals surface area contributed by atoms with E-state index in [4.69, 9.17) is 9.47 Å². The van der Waals surface area contributed by atoms with E-state index in [1.807, 2.05) is 30.3 Å². The summed E-state index contributed by atoms with van der Waals surface area (Å²) >= 11 is 0. The van der Waals surface area contributed by atoms with Crippen molar-refractivity contribution in [2.24, 2.45) is 0 Å². The van der Waals surface area contributed by atoms with E-state index >= 15 is 0 Å². The van der Waals surface area contributed by atoms with Crippen LogP contribution in [-0.4, -0.2) is 43.4 Å². The molecule has 1 N–H and O–H groups in total. The molecule has 0 saturated heterocycles. The second-order valence-corrected chi connectivity index (χ2v) is 13.1. The Bertz CT molecular complexity index is 2070. The van der Waals surface area contributed by atoms with Crippen LogP contribution in [0.3, 0.4) is 0 Å². The van der Waals surface area contributed by atoms with Crippen molar-refractivity contribution in [3.63, 3.8) is 0 Å². The topological polar surface area (TPSA) is 41.9 Å². The third-order valence-corrected chi connectivity index (χ3v) is 9.54. The average molecular weight is 700 g/mol. The second kappa shape index (κ2) is 18.6. The van der Waals surface area contributed by atoms with Crippen LogP contribution in [0, 0.1) is 0 Å². The molecule has 0 aliphatic rings. The molecule has 4 nitrogen and oxygen atoms in total. The number of allylic oxidation sites excluding steroid dienone is 2. The number of ether oxygens (including phenoxy) is 2. The minimum atomic E-state index is 0.260. The van der Waals surface area contributed by atoms with Gasteiger partial charge in [-0.1, -0.05) is 141 Å². The summed E-state index contributed by atoms with van der Waals surface area (Å²) in [6.45, 7) is 7.14. The van der Waals surface area contributed by atoms with Crippen LogP contribution in [0.25, 0.3) is 22.3 Å². The van der Waals surface area contributed by atoms with E-state index in [2.05, 4.69) is 147 Å². The Morgan fingerprint density at radius 1 is 0.434 bits per heavy atom. The zero-order valence-corrected chi connectivity index (χ0v) is 31.0. The van der Waals surface area contributed by atoms with Gasteiger partial charge in [0.15, 0.2) is 0 Å². The lowest BCUT2D eigenvalue weighted by atomic mass is 9.88. The third kappa shape index (κ3) is 9.73. The summed E-state index contributed by atoms with van der Waals surface area (Å²) in [7, 11) is 2.09. The number of aromatic hydroxyl groups is 1. The van der Waals surface area contributed by atoms with E-state index < -0.39 is 0 Å². The first kappa shape index (κ1) is 36.9. The Hall–Kier alpha value is -5.84. The number of nitrogens with zero attached hydrogens (tertiary/aromatic N) is 1. The molecule has 0 atom stereocenters. The van der Waals surface area contributed by atoms with Gasteiger partial charge in [-0.05, 0) is 112 Å². The minimum absolute atomic E-state index is 0.260. The number of likely N-dealkylation sites (N-methyl/N-ethyl adjacent to an activating group) is 1. The Kier molecular flexibility index (Phi) is 13.0. The molecule has 0 aliphatic carbocycles. The molecule has 0 unspecified atom stereocenters. The number of phenols is 1. The molecule has 4 heteroatoms. The molecular formula is C49H49NO3. The van der Waals surface area contributed by atoms with Crippen molar-refractivity contribution in [1.82, 2.24) is 4.90 Å². The zero-order valence-electron chi connectivity index (χ0n) is 31.0. The van der Waals surface area contributed by atoms with Crippen molar-refractivity contribution in [1.29, 1.82) is 0 Å². The third-order valence-electron chi connectivity index (χ3n) is 9.54. The van der Waals surface area contributed by atoms with Gasteiger partial charge in [-0.3, -0.25) is 4.90 Å². The monoisotopic (exact) mass is 699 g/mol. The first-order valence-electron chi connectivity index (χ1n) is 18.6. The largest absolute Gasteiger partial charge is 0.508 e. The van der Waals surface area contributed by atoms with Gasteiger partial charge in [0.25, 0.3) is 0 Å². The molecule has 0 fully saturated rings. The Balaban J connectivity index is 1.04. The van der Waals surface area contributed by atoms with Gasteiger partial charge in [-0.2, -0.15) is 0 Å². The molecule has 6 rings (SSSR count). The maximum Gasteiger partial charge on any atom is 0.119 e. The van der Waals surface area contributed by atoms with Crippen LogP contribution in [0.5, 0.6) is 17.2 Å². The maximum absolute atomic E-state index is 9.95. The van der Waals surface area contributed by atoms with Crippen molar-refractivity contribution in [2.75, 3.05) is 33.4 Å². The number of hydrogen-bond acceptors (Lipinski definition) is 4. The summed E-state index contributed by atoms with van der Waals surface area (Å²) in [5.74, 6) is 1.96. The number of rotatable bonds is 16. The minimum Gasteiger partial charge on any atom is -0.508 e. The standard InChI is InChI=1S/C49H49NO3/c1-4-46(37-15-9-6-10-16-37)48(39-19-13-8-14-20-39)41-23-29-44(30-24-41)52-35-33-50(3)34-36-53-45-31-25-42(26-32-45)49(40-21-27-43(51)28-22-40)47(5-2)38-17-11-7-12-18-38/h6-32,51H,4-5,33-36H2,1-3H3/b48-46+,49-47+. The van der Waals surface area contributed by atoms with Crippen LogP contribution in [0.1, 0.15) is 60.1 Å². The highest BCUT2D eigenvalue weighted by Gasteiger charge is 2.15. The second-order valence-electron chi connectivity index (χ2n) is 13.1. The Morgan fingerprint density at radius 3 is 1.11 bits per heavy atom. The summed E-state index contributed by atoms with van der Waals surface area (Å²) in [5.41, 5.74) is 12.0. The average Bonchev–Trinajstić information content (AvgIpc) is 3.21. The fourth-order valence-corrected chi connectivity index (χ4v) is 6.78. The first-order valence-corrected chi connectivity index (χ1v) is 18.6. The van der Waals surface area contributed by atoms with E-state index in [0.29, 0.717) is 13.2 Å². The van der Waals surface area contributed by atoms with E-state index in [-0.39, 0.29) is 5.75 Å². The molecule has 6 aromatic rings. The molecule has 0 radical (unpaired) electrons. The molecule has 0 aliphatic heterocycles. The molecule has 0 heterocycles. The molecule has 0 bridgehead atoms. The first-order chi connectivity index (χ1) is 26.0. The lowest BCUT2D eigenvalue weighted by Crippen LogP contribution is -2.28. The number of hydrogen-bond donors (Lipinski definition) is 1. The van der Waals surface area contributed by atoms with Crippen LogP contribution in [0.4, 0.5) is 0 Å². The van der Waals surface area contributed by atoms with Gasteiger partial charge >= 0.3 is 0 Å². The molecule has 0 spiro atoms. The fourth-order valence-electron chi connectivity index (χ4n) is 6.78. The van der Waals surface area contributed by atoms with Crippen molar-refractivity contribution < 1.29 is 14.6 Å². The SMILES string of the molecule is CC/C(=C(/c1ccccc1)c1ccc(OCCN(C)CCOc2ccc(/C(=C(\CC)c3ccccc3)c3ccc(O)cc3)cc2)cc1)c1ccccc1. The summed E-state index contributed by atoms with van der Waals surface area (Å²) in [6.07, 6.45) is 1.81. The fraction of sp³-hybridized carbons (Fsp3) is 0.184. The highest BCUT2D eigenvalue weighted by molar-refractivity contribution is 5.99. The number of benzene rings is 6. The highest BCUT2D eigenvalue weighted by Crippen LogP contribution is 2.37. The van der Waals surface area contributed by atoms with Gasteiger partial charge in [-0.25, -0.2) is 0 Å². The molecule has 268 valence electrons. The Morgan fingerprint density at radius 2 is 0.755 bits per heavy atom. The maximum atomic E-state index is 9.95. The summed E-state index contributed by atoms with van der Waals surface area (Å²) in [4.78, 5) is 2.23. The molecular weight excluding hydrogens is 651 g/mol. The predicted molar refractivity (Wildman–Crippen MR) is 221 cm³/mol. The lowest BCUT2D eigenvalue weighted by Gasteiger charge is -2.19. The van der Waals surface area contributed by atoms with E-state index in [1.54, 1.807) is 12.1 Å². The van der Waals surface area contributed by atoms with Crippen molar-refractivity contribution in [2.45, 2.75) is 26.7 Å². The molecule has 53 heavy (non-hydrogen) atoms. The van der Waals surface area contributed by atoms with Crippen LogP contribution >= 0.6 is 0 Å². The van der Waals surface area contributed by atoms with Gasteiger partial charge in [0.1, 0.15) is 30.5 Å². The predicted octanol–water partition coefficient (Wildman–Crippen LogP) is 11.5. The van der Waals surface area contributed by atoms with Gasteiger partial charge < -0.3 is 14.6 Å². The van der Waals surface area contributed by atoms with Crippen molar-refractivity contribution >= 4 is 22.3 Å². The van der Waals surface area contributed by atoms with Gasteiger partial charge in [0.2, 0.25) is 0 Å². The number of phenolic OH excluding ortho intramolecular Hbond substituents is 1. The smallest absolute Gasteiger partial charge is 0.119 e. The van der Waals surface area contributed by atoms with Crippen LogP contribution in [-0.2, 0) is 0 Å². The summed E-state index contributed by atoms with van der Waals surface area (Å²) in [6, 6.07) is 56.1. The van der Waals surface area contributed by atoms with Crippen LogP contribution in [0.2, 0.25) is 0 Å². The molecule has 0 saturated carbocycles. The van der Waals surface area contributed by atoms with Crippen molar-refractivity contribution in [3.8, 4) is 17.2 Å². The van der Waals surface area contributed by atoms with Gasteiger partial charge in [0, 0.05) is 13.1 Å². The van der Waals surface area contributed by atoms with E-state index in [1.165, 1.54) is 39.0 Å². The Labute approximate surface area is 315 Å². The van der Waals surface area contributed by atoms with Crippen LogP contribution in [0.15, 0.2) is 164 Å². The molecule has 0 aromatic heterocycles. The van der Waals surface area contributed by atoms with Crippen molar-refractivity contribution in [3.05, 3.63) is 197 Å². The molecule has 0 amide bonds. The zero-order chi connectivity index (χ0) is 36.8. The quantitative estimate of drug-likeness (QED) is 0.102. The summed E-state index contributed by atoms with van der Waals surface area (Å²) < 4.78 is 12.3. The van der Waals surface area contributed by atoms with Crippen LogP contribution < -0.4 is 9.47 Å². The molecule has 6 aromatic carbocycles. The van der Waals surface area contributed by atoms with E-state index in [0.717, 1.165) is 54.1 Å². The normalized spacial score (nSPS) is 12.2. The van der Waals surface area contributed by atoms with Gasteiger partial charge in [0.05, 0.1) is 0 Å². The lowest BCUT2D eigenvalue weighted by molar-refractivity contribution is 0.202. The van der Waals surface area contributed by atoms with Gasteiger partial charge in [-0.15, -0.1) is 0 Å². The summed E-state index contributed by atoms with van der Waals surface area (Å²) in [5, 5.41) is 9.95. The highest BCUT2D eigenvalue weighted by atomic mass is 16.5.